The van der Waals surface area contributed by atoms with Gasteiger partial charge in [-0.25, -0.2) is 4.79 Å². The molecule has 142 valence electrons. The van der Waals surface area contributed by atoms with Crippen molar-refractivity contribution in [3.63, 3.8) is 0 Å². The van der Waals surface area contributed by atoms with E-state index in [4.69, 9.17) is 16.3 Å². The van der Waals surface area contributed by atoms with Gasteiger partial charge in [0.15, 0.2) is 0 Å². The maximum absolute atomic E-state index is 12.4. The Bertz CT molecular complexity index is 870. The molecular weight excluding hydrogens is 382 g/mol. The number of carbonyl (C=O) groups excluding carboxylic acids is 2. The third-order valence-corrected chi connectivity index (χ3v) is 6.29. The molecule has 1 aliphatic carbocycles. The van der Waals surface area contributed by atoms with Crippen LogP contribution in [0.4, 0.5) is 5.00 Å². The molecule has 1 aliphatic rings. The smallest absolute Gasteiger partial charge is 0.341 e. The molecule has 1 aromatic carbocycles. The van der Waals surface area contributed by atoms with Gasteiger partial charge in [0.2, 0.25) is 5.91 Å². The minimum atomic E-state index is -0.389. The van der Waals surface area contributed by atoms with E-state index in [0.29, 0.717) is 21.5 Å². The second-order valence-corrected chi connectivity index (χ2v) is 8.13. The number of halogens is 1. The van der Waals surface area contributed by atoms with Crippen LogP contribution in [0.15, 0.2) is 30.3 Å². The number of esters is 1. The highest BCUT2D eigenvalue weighted by atomic mass is 35.5. The number of fused-ring (bicyclic) bond motifs is 1. The molecule has 0 spiro atoms. The summed E-state index contributed by atoms with van der Waals surface area (Å²) in [6, 6.07) is 7.21. The summed E-state index contributed by atoms with van der Waals surface area (Å²) in [7, 11) is 1.37. The number of benzene rings is 1. The quantitative estimate of drug-likeness (QED) is 0.540. The fourth-order valence-corrected chi connectivity index (χ4v) is 4.79. The zero-order chi connectivity index (χ0) is 19.4. The second-order valence-electron chi connectivity index (χ2n) is 6.59. The molecule has 1 atom stereocenters. The molecule has 1 N–H and O–H groups in total. The SMILES string of the molecule is CC[C@@H]1CCc2c(sc(NC(=O)/C=C/c3ccc(Cl)cc3)c2C(=O)OC)C1. The van der Waals surface area contributed by atoms with Gasteiger partial charge in [-0.3, -0.25) is 4.79 Å². The van der Waals surface area contributed by atoms with Crippen LogP contribution in [0.25, 0.3) is 6.08 Å². The van der Waals surface area contributed by atoms with Gasteiger partial charge in [0.1, 0.15) is 5.00 Å². The summed E-state index contributed by atoms with van der Waals surface area (Å²) < 4.78 is 4.96. The van der Waals surface area contributed by atoms with Gasteiger partial charge < -0.3 is 10.1 Å². The summed E-state index contributed by atoms with van der Waals surface area (Å²) in [5, 5.41) is 4.09. The highest BCUT2D eigenvalue weighted by Gasteiger charge is 2.29. The molecule has 0 unspecified atom stereocenters. The third kappa shape index (κ3) is 4.60. The Balaban J connectivity index is 1.81. The molecule has 27 heavy (non-hydrogen) atoms. The molecule has 2 aromatic rings. The van der Waals surface area contributed by atoms with Crippen LogP contribution in [0.3, 0.4) is 0 Å². The maximum Gasteiger partial charge on any atom is 0.341 e. The first-order chi connectivity index (χ1) is 13.0. The van der Waals surface area contributed by atoms with Gasteiger partial charge >= 0.3 is 5.97 Å². The van der Waals surface area contributed by atoms with E-state index in [0.717, 1.165) is 36.8 Å². The molecule has 0 fully saturated rings. The first-order valence-electron chi connectivity index (χ1n) is 8.99. The number of hydrogen-bond donors (Lipinski definition) is 1. The fraction of sp³-hybridized carbons (Fsp3) is 0.333. The number of nitrogens with one attached hydrogen (secondary N) is 1. The normalized spacial score (nSPS) is 16.2. The van der Waals surface area contributed by atoms with Crippen molar-refractivity contribution in [1.29, 1.82) is 0 Å². The van der Waals surface area contributed by atoms with Crippen molar-refractivity contribution in [2.24, 2.45) is 5.92 Å². The average molecular weight is 404 g/mol. The number of ether oxygens (including phenoxy) is 1. The molecule has 1 amide bonds. The Kier molecular flexibility index (Phi) is 6.34. The van der Waals surface area contributed by atoms with E-state index in [1.165, 1.54) is 29.4 Å². The first-order valence-corrected chi connectivity index (χ1v) is 10.2. The molecule has 3 rings (SSSR count). The van der Waals surface area contributed by atoms with E-state index in [-0.39, 0.29) is 11.9 Å². The topological polar surface area (TPSA) is 55.4 Å². The Morgan fingerprint density at radius 1 is 1.33 bits per heavy atom. The standard InChI is InChI=1S/C21H22ClNO3S/c1-3-13-6-10-16-17(12-13)27-20(19(16)21(25)26-2)23-18(24)11-7-14-4-8-15(22)9-5-14/h4-5,7-9,11,13H,3,6,10,12H2,1-2H3,(H,23,24)/b11-7+/t13-/m1/s1. The van der Waals surface area contributed by atoms with Crippen molar-refractivity contribution in [2.45, 2.75) is 32.6 Å². The van der Waals surface area contributed by atoms with E-state index in [1.807, 2.05) is 12.1 Å². The van der Waals surface area contributed by atoms with Crippen LogP contribution in [0.2, 0.25) is 5.02 Å². The number of amides is 1. The van der Waals surface area contributed by atoms with Crippen molar-refractivity contribution < 1.29 is 14.3 Å². The predicted molar refractivity (Wildman–Crippen MR) is 111 cm³/mol. The number of thiophene rings is 1. The minimum Gasteiger partial charge on any atom is -0.465 e. The van der Waals surface area contributed by atoms with Crippen molar-refractivity contribution >= 4 is 45.9 Å². The maximum atomic E-state index is 12.4. The van der Waals surface area contributed by atoms with Gasteiger partial charge in [0.25, 0.3) is 0 Å². The predicted octanol–water partition coefficient (Wildman–Crippen LogP) is 5.35. The van der Waals surface area contributed by atoms with Crippen LogP contribution in [-0.2, 0) is 22.4 Å². The van der Waals surface area contributed by atoms with Gasteiger partial charge in [-0.05, 0) is 54.5 Å². The van der Waals surface area contributed by atoms with Crippen LogP contribution >= 0.6 is 22.9 Å². The minimum absolute atomic E-state index is 0.277. The first kappa shape index (κ1) is 19.6. The fourth-order valence-electron chi connectivity index (χ4n) is 3.31. The molecular formula is C21H22ClNO3S. The van der Waals surface area contributed by atoms with Gasteiger partial charge in [0, 0.05) is 16.0 Å². The van der Waals surface area contributed by atoms with E-state index in [1.54, 1.807) is 18.2 Å². The average Bonchev–Trinajstić information content (AvgIpc) is 3.03. The summed E-state index contributed by atoms with van der Waals surface area (Å²) in [6.07, 6.45) is 7.16. The molecule has 0 saturated heterocycles. The molecule has 0 aliphatic heterocycles. The number of anilines is 1. The zero-order valence-corrected chi connectivity index (χ0v) is 17.0. The molecule has 1 aromatic heterocycles. The molecule has 0 bridgehead atoms. The van der Waals surface area contributed by atoms with Crippen LogP contribution < -0.4 is 5.32 Å². The lowest BCUT2D eigenvalue weighted by Gasteiger charge is -2.20. The van der Waals surface area contributed by atoms with Gasteiger partial charge in [-0.2, -0.15) is 0 Å². The molecule has 4 nitrogen and oxygen atoms in total. The summed E-state index contributed by atoms with van der Waals surface area (Å²) in [6.45, 7) is 2.19. The van der Waals surface area contributed by atoms with E-state index in [2.05, 4.69) is 12.2 Å². The van der Waals surface area contributed by atoms with Gasteiger partial charge in [-0.15, -0.1) is 11.3 Å². The number of rotatable bonds is 5. The van der Waals surface area contributed by atoms with Crippen LogP contribution in [-0.4, -0.2) is 19.0 Å². The monoisotopic (exact) mass is 403 g/mol. The van der Waals surface area contributed by atoms with Crippen LogP contribution in [0.1, 0.15) is 46.1 Å². The highest BCUT2D eigenvalue weighted by Crippen LogP contribution is 2.40. The summed E-state index contributed by atoms with van der Waals surface area (Å²) in [5.41, 5.74) is 2.42. The summed E-state index contributed by atoms with van der Waals surface area (Å²) in [5.74, 6) is -0.0323. The Labute approximate surface area is 168 Å². The van der Waals surface area contributed by atoms with Crippen molar-refractivity contribution in [2.75, 3.05) is 12.4 Å². The summed E-state index contributed by atoms with van der Waals surface area (Å²) >= 11 is 7.36. The number of carbonyl (C=O) groups is 2. The number of methoxy groups -OCH3 is 1. The largest absolute Gasteiger partial charge is 0.465 e. The lowest BCUT2D eigenvalue weighted by Crippen LogP contribution is -2.15. The van der Waals surface area contributed by atoms with Crippen LogP contribution in [0.5, 0.6) is 0 Å². The second kappa shape index (κ2) is 8.72. The van der Waals surface area contributed by atoms with E-state index in [9.17, 15) is 9.59 Å². The lowest BCUT2D eigenvalue weighted by atomic mass is 9.86. The molecule has 0 radical (unpaired) electrons. The van der Waals surface area contributed by atoms with Crippen molar-refractivity contribution in [3.8, 4) is 0 Å². The Morgan fingerprint density at radius 3 is 2.74 bits per heavy atom. The van der Waals surface area contributed by atoms with Gasteiger partial charge in [0.05, 0.1) is 12.7 Å². The van der Waals surface area contributed by atoms with Gasteiger partial charge in [-0.1, -0.05) is 37.1 Å². The molecule has 0 saturated carbocycles. The molecule has 1 heterocycles. The van der Waals surface area contributed by atoms with Crippen LogP contribution in [0, 0.1) is 5.92 Å². The Morgan fingerprint density at radius 2 is 2.07 bits per heavy atom. The lowest BCUT2D eigenvalue weighted by molar-refractivity contribution is -0.111. The zero-order valence-electron chi connectivity index (χ0n) is 15.4. The van der Waals surface area contributed by atoms with E-state index < -0.39 is 0 Å². The van der Waals surface area contributed by atoms with Crippen molar-refractivity contribution in [3.05, 3.63) is 56.9 Å². The summed E-state index contributed by atoms with van der Waals surface area (Å²) in [4.78, 5) is 25.9. The van der Waals surface area contributed by atoms with E-state index >= 15 is 0 Å². The van der Waals surface area contributed by atoms with Crippen molar-refractivity contribution in [1.82, 2.24) is 0 Å². The third-order valence-electron chi connectivity index (χ3n) is 4.87. The molecule has 6 heteroatoms. The number of hydrogen-bond acceptors (Lipinski definition) is 4. The Hall–Kier alpha value is -2.11. The highest BCUT2D eigenvalue weighted by molar-refractivity contribution is 7.17.